The van der Waals surface area contributed by atoms with Gasteiger partial charge in [-0.25, -0.2) is 0 Å². The van der Waals surface area contributed by atoms with Crippen LogP contribution in [0.1, 0.15) is 88.5 Å². The van der Waals surface area contributed by atoms with E-state index < -0.39 is 5.92 Å². The molecule has 2 aliphatic carbocycles. The number of hydrogen-bond donors (Lipinski definition) is 1. The van der Waals surface area contributed by atoms with E-state index >= 15 is 0 Å². The second kappa shape index (κ2) is 14.0. The standard InChI is InChI=1S/C42H47IN2O5/c1-8-49-35-18-28(17-29(43)40(35)50-24-36(48)44-30-15-14-25(2)16-26(30)3)37-38-31(19-41(4,5)21-33(38)46)45(23-27-12-10-9-11-13-27)32-20-42(6,7)22-34(47)39(32)37/h9-18,37H,8,19-24H2,1-7H3,(H,44,48). The fraction of sp³-hybridized carbons (Fsp3) is 0.405. The number of nitrogens with one attached hydrogen (secondary N) is 1. The average molecular weight is 787 g/mol. The Morgan fingerprint density at radius 2 is 1.48 bits per heavy atom. The molecule has 1 N–H and O–H groups in total. The zero-order chi connectivity index (χ0) is 36.0. The van der Waals surface area contributed by atoms with Gasteiger partial charge in [0.05, 0.1) is 10.2 Å². The van der Waals surface area contributed by atoms with E-state index in [1.807, 2.05) is 69.3 Å². The quantitative estimate of drug-likeness (QED) is 0.218. The van der Waals surface area contributed by atoms with E-state index in [9.17, 15) is 14.4 Å². The summed E-state index contributed by atoms with van der Waals surface area (Å²) in [6.45, 7) is 15.3. The largest absolute Gasteiger partial charge is 0.490 e. The number of ketones is 2. The maximum absolute atomic E-state index is 14.3. The summed E-state index contributed by atoms with van der Waals surface area (Å²) in [6, 6.07) is 20.1. The summed E-state index contributed by atoms with van der Waals surface area (Å²) in [7, 11) is 0. The molecule has 0 fully saturated rings. The normalized spacial score (nSPS) is 18.5. The van der Waals surface area contributed by atoms with Gasteiger partial charge in [0.15, 0.2) is 29.7 Å². The minimum absolute atomic E-state index is 0.0832. The van der Waals surface area contributed by atoms with E-state index in [0.717, 1.165) is 55.7 Å². The summed E-state index contributed by atoms with van der Waals surface area (Å²) in [5, 5.41) is 2.95. The number of nitrogens with zero attached hydrogens (tertiary/aromatic N) is 1. The fourth-order valence-electron chi connectivity index (χ4n) is 7.77. The molecule has 0 radical (unpaired) electrons. The molecule has 0 saturated heterocycles. The molecule has 3 aliphatic rings. The van der Waals surface area contributed by atoms with Gasteiger partial charge >= 0.3 is 0 Å². The molecule has 1 aliphatic heterocycles. The van der Waals surface area contributed by atoms with E-state index in [1.54, 1.807) is 0 Å². The highest BCUT2D eigenvalue weighted by atomic mass is 127. The summed E-state index contributed by atoms with van der Waals surface area (Å²) in [5.41, 5.74) is 7.82. The zero-order valence-electron chi connectivity index (χ0n) is 30.2. The van der Waals surface area contributed by atoms with Gasteiger partial charge in [-0.3, -0.25) is 14.4 Å². The lowest BCUT2D eigenvalue weighted by Gasteiger charge is -2.49. The molecule has 8 heteroatoms. The van der Waals surface area contributed by atoms with Crippen molar-refractivity contribution in [2.75, 3.05) is 18.5 Å². The van der Waals surface area contributed by atoms with Crippen molar-refractivity contribution in [2.24, 2.45) is 10.8 Å². The second-order valence-electron chi connectivity index (χ2n) is 15.5. The van der Waals surface area contributed by atoms with Crippen molar-refractivity contribution in [2.45, 2.75) is 86.6 Å². The first-order valence-electron chi connectivity index (χ1n) is 17.5. The van der Waals surface area contributed by atoms with E-state index in [2.05, 4.69) is 72.6 Å². The van der Waals surface area contributed by atoms with Crippen LogP contribution in [0.3, 0.4) is 0 Å². The number of carbonyl (C=O) groups excluding carboxylic acids is 3. The van der Waals surface area contributed by atoms with E-state index in [4.69, 9.17) is 9.47 Å². The van der Waals surface area contributed by atoms with Crippen LogP contribution in [0.4, 0.5) is 5.69 Å². The SMILES string of the molecule is CCOc1cc(C2C3=C(CC(C)(C)CC3=O)N(Cc3ccccc3)C3=C2C(=O)CC(C)(C)C3)cc(I)c1OCC(=O)Nc1ccc(C)cc1C. The molecule has 7 nitrogen and oxygen atoms in total. The van der Waals surface area contributed by atoms with Crippen LogP contribution < -0.4 is 14.8 Å². The summed E-state index contributed by atoms with van der Waals surface area (Å²) in [4.78, 5) is 44.0. The van der Waals surface area contributed by atoms with Crippen molar-refractivity contribution in [3.63, 3.8) is 0 Å². The Labute approximate surface area is 309 Å². The molecule has 0 spiro atoms. The molecular formula is C42H47IN2O5. The van der Waals surface area contributed by atoms with Crippen molar-refractivity contribution >= 4 is 45.8 Å². The lowest BCUT2D eigenvalue weighted by Crippen LogP contribution is -2.44. The Morgan fingerprint density at radius 3 is 2.06 bits per heavy atom. The molecule has 0 unspecified atom stereocenters. The van der Waals surface area contributed by atoms with E-state index in [-0.39, 0.29) is 34.9 Å². The highest BCUT2D eigenvalue weighted by Gasteiger charge is 2.49. The average Bonchev–Trinajstić information content (AvgIpc) is 3.02. The van der Waals surface area contributed by atoms with Gasteiger partial charge in [0, 0.05) is 53.5 Å². The Hall–Kier alpha value is -3.92. The second-order valence-corrected chi connectivity index (χ2v) is 16.7. The number of halogens is 1. The molecular weight excluding hydrogens is 739 g/mol. The zero-order valence-corrected chi connectivity index (χ0v) is 32.3. The highest BCUT2D eigenvalue weighted by Crippen LogP contribution is 2.55. The van der Waals surface area contributed by atoms with Crippen LogP contribution >= 0.6 is 22.6 Å². The molecule has 0 saturated carbocycles. The molecule has 1 amide bonds. The summed E-state index contributed by atoms with van der Waals surface area (Å²) >= 11 is 2.21. The Morgan fingerprint density at radius 1 is 0.860 bits per heavy atom. The van der Waals surface area contributed by atoms with Crippen LogP contribution in [-0.2, 0) is 20.9 Å². The first kappa shape index (κ1) is 35.9. The summed E-state index contributed by atoms with van der Waals surface area (Å²) in [5.74, 6) is 0.315. The third-order valence-electron chi connectivity index (χ3n) is 9.87. The molecule has 0 atom stereocenters. The minimum Gasteiger partial charge on any atom is -0.490 e. The van der Waals surface area contributed by atoms with Crippen molar-refractivity contribution in [3.8, 4) is 11.5 Å². The highest BCUT2D eigenvalue weighted by molar-refractivity contribution is 14.1. The monoisotopic (exact) mass is 786 g/mol. The lowest BCUT2D eigenvalue weighted by atomic mass is 9.63. The van der Waals surface area contributed by atoms with Crippen LogP contribution in [0.5, 0.6) is 11.5 Å². The Kier molecular flexibility index (Phi) is 10.1. The maximum atomic E-state index is 14.3. The Balaban J connectivity index is 1.43. The number of ether oxygens (including phenoxy) is 2. The molecule has 3 aromatic rings. The lowest BCUT2D eigenvalue weighted by molar-refractivity contribution is -0.120. The fourth-order valence-corrected chi connectivity index (χ4v) is 8.55. The summed E-state index contributed by atoms with van der Waals surface area (Å²) < 4.78 is 13.0. The van der Waals surface area contributed by atoms with Crippen LogP contribution in [-0.4, -0.2) is 35.6 Å². The number of hydrogen-bond acceptors (Lipinski definition) is 6. The number of aryl methyl sites for hydroxylation is 2. The summed E-state index contributed by atoms with van der Waals surface area (Å²) in [6.07, 6.45) is 2.29. The Bertz CT molecular complexity index is 1870. The molecule has 6 rings (SSSR count). The first-order chi connectivity index (χ1) is 23.7. The van der Waals surface area contributed by atoms with Crippen LogP contribution in [0.25, 0.3) is 0 Å². The van der Waals surface area contributed by atoms with Crippen molar-refractivity contribution in [3.05, 3.63) is 109 Å². The van der Waals surface area contributed by atoms with E-state index in [1.165, 1.54) is 0 Å². The molecule has 262 valence electrons. The molecule has 1 heterocycles. The van der Waals surface area contributed by atoms with E-state index in [0.29, 0.717) is 48.6 Å². The van der Waals surface area contributed by atoms with Crippen LogP contribution in [0.2, 0.25) is 0 Å². The molecule has 50 heavy (non-hydrogen) atoms. The predicted octanol–water partition coefficient (Wildman–Crippen LogP) is 9.21. The van der Waals surface area contributed by atoms with Gasteiger partial charge in [-0.2, -0.15) is 0 Å². The third-order valence-corrected chi connectivity index (χ3v) is 10.7. The van der Waals surface area contributed by atoms with Gasteiger partial charge in [-0.05, 0) is 102 Å². The topological polar surface area (TPSA) is 84.9 Å². The third kappa shape index (κ3) is 7.41. The minimum atomic E-state index is -0.520. The predicted molar refractivity (Wildman–Crippen MR) is 205 cm³/mol. The number of Topliss-reactive ketones (excluding diaryl/α,β-unsaturated/α-hetero) is 2. The smallest absolute Gasteiger partial charge is 0.262 e. The first-order valence-corrected chi connectivity index (χ1v) is 18.5. The van der Waals surface area contributed by atoms with Gasteiger partial charge in [-0.15, -0.1) is 0 Å². The van der Waals surface area contributed by atoms with Gasteiger partial charge in [0.25, 0.3) is 5.91 Å². The number of anilines is 1. The van der Waals surface area contributed by atoms with Gasteiger partial charge < -0.3 is 19.7 Å². The number of allylic oxidation sites excluding steroid dienone is 4. The number of rotatable bonds is 9. The number of amides is 1. The van der Waals surface area contributed by atoms with Gasteiger partial charge in [0.1, 0.15) is 0 Å². The van der Waals surface area contributed by atoms with Crippen LogP contribution in [0.15, 0.2) is 83.2 Å². The van der Waals surface area contributed by atoms with Crippen LogP contribution in [0, 0.1) is 28.2 Å². The molecule has 3 aromatic carbocycles. The number of benzene rings is 3. The van der Waals surface area contributed by atoms with Crippen molar-refractivity contribution < 1.29 is 23.9 Å². The van der Waals surface area contributed by atoms with Gasteiger partial charge in [0.2, 0.25) is 0 Å². The van der Waals surface area contributed by atoms with Gasteiger partial charge in [-0.1, -0.05) is 75.7 Å². The molecule has 0 bridgehead atoms. The van der Waals surface area contributed by atoms with Crippen molar-refractivity contribution in [1.29, 1.82) is 0 Å². The van der Waals surface area contributed by atoms with Crippen molar-refractivity contribution in [1.82, 2.24) is 4.90 Å². The maximum Gasteiger partial charge on any atom is 0.262 e. The number of carbonyl (C=O) groups is 3. The molecule has 0 aromatic heterocycles.